The standard InChI is InChI=1S/C15H27N3O/c1-8-18-12(10(19-7)9-17-18)11(16-6)13-14(2,3)15(13,4)5/h9,11,13,16H,8H2,1-7H3. The number of ether oxygens (including phenoxy) is 1. The van der Waals surface area contributed by atoms with E-state index in [1.54, 1.807) is 7.11 Å². The van der Waals surface area contributed by atoms with Crippen molar-refractivity contribution in [1.82, 2.24) is 15.1 Å². The predicted octanol–water partition coefficient (Wildman–Crippen LogP) is 2.85. The lowest BCUT2D eigenvalue weighted by Gasteiger charge is -2.21. The Morgan fingerprint density at radius 3 is 2.32 bits per heavy atom. The third-order valence-electron chi connectivity index (χ3n) is 5.44. The van der Waals surface area contributed by atoms with Crippen molar-refractivity contribution in [2.45, 2.75) is 47.2 Å². The van der Waals surface area contributed by atoms with Crippen molar-refractivity contribution in [2.24, 2.45) is 16.7 Å². The molecule has 0 spiro atoms. The fourth-order valence-electron chi connectivity index (χ4n) is 3.64. The molecule has 1 heterocycles. The van der Waals surface area contributed by atoms with E-state index in [0.717, 1.165) is 12.3 Å². The molecule has 1 aliphatic rings. The molecule has 0 radical (unpaired) electrons. The van der Waals surface area contributed by atoms with Gasteiger partial charge >= 0.3 is 0 Å². The topological polar surface area (TPSA) is 39.1 Å². The Morgan fingerprint density at radius 2 is 1.95 bits per heavy atom. The first-order valence-electron chi connectivity index (χ1n) is 7.09. The molecule has 0 aromatic carbocycles. The predicted molar refractivity (Wildman–Crippen MR) is 77.3 cm³/mol. The Hall–Kier alpha value is -1.03. The Balaban J connectivity index is 2.42. The molecule has 108 valence electrons. The first-order chi connectivity index (χ1) is 8.82. The summed E-state index contributed by atoms with van der Waals surface area (Å²) in [5, 5.41) is 7.92. The van der Waals surface area contributed by atoms with E-state index in [1.807, 2.05) is 17.9 Å². The highest BCUT2D eigenvalue weighted by Crippen LogP contribution is 2.72. The third-order valence-corrected chi connectivity index (χ3v) is 5.44. The van der Waals surface area contributed by atoms with Crippen LogP contribution in [0.5, 0.6) is 5.75 Å². The summed E-state index contributed by atoms with van der Waals surface area (Å²) in [6, 6.07) is 0.280. The van der Waals surface area contributed by atoms with Gasteiger partial charge in [0.2, 0.25) is 0 Å². The smallest absolute Gasteiger partial charge is 0.161 e. The zero-order valence-corrected chi connectivity index (χ0v) is 13.2. The molecular formula is C15H27N3O. The molecule has 1 fully saturated rings. The van der Waals surface area contributed by atoms with Crippen LogP contribution in [0.3, 0.4) is 0 Å². The molecule has 4 heteroatoms. The lowest BCUT2D eigenvalue weighted by Crippen LogP contribution is -2.25. The van der Waals surface area contributed by atoms with Crippen molar-refractivity contribution in [1.29, 1.82) is 0 Å². The van der Waals surface area contributed by atoms with Crippen LogP contribution in [0.15, 0.2) is 6.20 Å². The second kappa shape index (κ2) is 4.51. The average molecular weight is 265 g/mol. The van der Waals surface area contributed by atoms with Gasteiger partial charge in [-0.15, -0.1) is 0 Å². The number of nitrogens with zero attached hydrogens (tertiary/aromatic N) is 2. The van der Waals surface area contributed by atoms with Gasteiger partial charge < -0.3 is 10.1 Å². The first kappa shape index (κ1) is 14.4. The number of nitrogens with one attached hydrogen (secondary N) is 1. The molecule has 1 aromatic rings. The van der Waals surface area contributed by atoms with Crippen LogP contribution >= 0.6 is 0 Å². The summed E-state index contributed by atoms with van der Waals surface area (Å²) in [6.07, 6.45) is 1.82. The van der Waals surface area contributed by atoms with Crippen molar-refractivity contribution in [3.63, 3.8) is 0 Å². The van der Waals surface area contributed by atoms with E-state index in [-0.39, 0.29) is 6.04 Å². The van der Waals surface area contributed by atoms with Crippen molar-refractivity contribution < 1.29 is 4.74 Å². The summed E-state index contributed by atoms with van der Waals surface area (Å²) in [4.78, 5) is 0. The van der Waals surface area contributed by atoms with E-state index in [1.165, 1.54) is 5.69 Å². The van der Waals surface area contributed by atoms with Crippen LogP contribution in [-0.4, -0.2) is 23.9 Å². The number of hydrogen-bond donors (Lipinski definition) is 1. The van der Waals surface area contributed by atoms with Crippen LogP contribution < -0.4 is 10.1 Å². The SMILES string of the molecule is CCn1ncc(OC)c1C(NC)C1C(C)(C)C1(C)C. The van der Waals surface area contributed by atoms with Crippen LogP contribution in [0.2, 0.25) is 0 Å². The van der Waals surface area contributed by atoms with Gasteiger partial charge in [-0.3, -0.25) is 4.68 Å². The lowest BCUT2D eigenvalue weighted by molar-refractivity contribution is 0.366. The number of aryl methyl sites for hydroxylation is 1. The Kier molecular flexibility index (Phi) is 3.42. The molecule has 1 aliphatic carbocycles. The second-order valence-electron chi connectivity index (χ2n) is 6.60. The second-order valence-corrected chi connectivity index (χ2v) is 6.60. The van der Waals surface area contributed by atoms with E-state index in [4.69, 9.17) is 4.74 Å². The molecule has 1 saturated carbocycles. The largest absolute Gasteiger partial charge is 0.493 e. The number of hydrogen-bond acceptors (Lipinski definition) is 3. The van der Waals surface area contributed by atoms with Gasteiger partial charge in [0.25, 0.3) is 0 Å². The van der Waals surface area contributed by atoms with Crippen molar-refractivity contribution in [3.05, 3.63) is 11.9 Å². The van der Waals surface area contributed by atoms with Crippen molar-refractivity contribution >= 4 is 0 Å². The molecular weight excluding hydrogens is 238 g/mol. The molecule has 19 heavy (non-hydrogen) atoms. The Labute approximate surface area is 116 Å². The molecule has 1 N–H and O–H groups in total. The highest BCUT2D eigenvalue weighted by atomic mass is 16.5. The van der Waals surface area contributed by atoms with Gasteiger partial charge in [0, 0.05) is 6.54 Å². The maximum atomic E-state index is 5.50. The monoisotopic (exact) mass is 265 g/mol. The van der Waals surface area contributed by atoms with Gasteiger partial charge in [-0.05, 0) is 30.7 Å². The summed E-state index contributed by atoms with van der Waals surface area (Å²) in [6.45, 7) is 12.4. The van der Waals surface area contributed by atoms with Crippen LogP contribution in [0.1, 0.15) is 46.4 Å². The molecule has 0 bridgehead atoms. The molecule has 1 aromatic heterocycles. The number of rotatable bonds is 5. The summed E-state index contributed by atoms with van der Waals surface area (Å²) in [7, 11) is 3.75. The zero-order valence-electron chi connectivity index (χ0n) is 13.2. The molecule has 2 rings (SSSR count). The van der Waals surface area contributed by atoms with Gasteiger partial charge in [0.1, 0.15) is 0 Å². The van der Waals surface area contributed by atoms with E-state index in [0.29, 0.717) is 16.7 Å². The average Bonchev–Trinajstić information content (AvgIpc) is 2.71. The number of aromatic nitrogens is 2. The minimum Gasteiger partial charge on any atom is -0.493 e. The van der Waals surface area contributed by atoms with Crippen molar-refractivity contribution in [2.75, 3.05) is 14.2 Å². The fourth-order valence-corrected chi connectivity index (χ4v) is 3.64. The molecule has 0 aliphatic heterocycles. The van der Waals surface area contributed by atoms with Crippen LogP contribution in [0, 0.1) is 16.7 Å². The summed E-state index contributed by atoms with van der Waals surface area (Å²) < 4.78 is 7.55. The summed E-state index contributed by atoms with van der Waals surface area (Å²) in [5.41, 5.74) is 1.83. The van der Waals surface area contributed by atoms with Gasteiger partial charge in [-0.25, -0.2) is 0 Å². The first-order valence-corrected chi connectivity index (χ1v) is 7.09. The maximum absolute atomic E-state index is 5.50. The van der Waals surface area contributed by atoms with E-state index < -0.39 is 0 Å². The Morgan fingerprint density at radius 1 is 1.37 bits per heavy atom. The molecule has 1 atom stereocenters. The van der Waals surface area contributed by atoms with Gasteiger partial charge in [-0.1, -0.05) is 27.7 Å². The quantitative estimate of drug-likeness (QED) is 0.890. The van der Waals surface area contributed by atoms with Crippen LogP contribution in [-0.2, 0) is 6.54 Å². The van der Waals surface area contributed by atoms with E-state index in [9.17, 15) is 0 Å². The summed E-state index contributed by atoms with van der Waals surface area (Å²) >= 11 is 0. The van der Waals surface area contributed by atoms with E-state index in [2.05, 4.69) is 45.0 Å². The maximum Gasteiger partial charge on any atom is 0.161 e. The van der Waals surface area contributed by atoms with Gasteiger partial charge in [0.05, 0.1) is 25.0 Å². The number of methoxy groups -OCH3 is 1. The normalized spacial score (nSPS) is 22.3. The van der Waals surface area contributed by atoms with Crippen LogP contribution in [0.4, 0.5) is 0 Å². The van der Waals surface area contributed by atoms with Crippen LogP contribution in [0.25, 0.3) is 0 Å². The molecule has 0 saturated heterocycles. The molecule has 1 unspecified atom stereocenters. The third kappa shape index (κ3) is 1.88. The molecule has 0 amide bonds. The lowest BCUT2D eigenvalue weighted by atomic mass is 10.0. The fraction of sp³-hybridized carbons (Fsp3) is 0.800. The summed E-state index contributed by atoms with van der Waals surface area (Å²) in [5.74, 6) is 1.47. The van der Waals surface area contributed by atoms with Gasteiger partial charge in [-0.2, -0.15) is 5.10 Å². The van der Waals surface area contributed by atoms with Crippen molar-refractivity contribution in [3.8, 4) is 5.75 Å². The highest BCUT2D eigenvalue weighted by Gasteiger charge is 2.67. The minimum atomic E-state index is 0.280. The zero-order chi connectivity index (χ0) is 14.4. The highest BCUT2D eigenvalue weighted by molar-refractivity contribution is 5.33. The minimum absolute atomic E-state index is 0.280. The van der Waals surface area contributed by atoms with E-state index >= 15 is 0 Å². The molecule has 4 nitrogen and oxygen atoms in total. The Bertz CT molecular complexity index is 426. The van der Waals surface area contributed by atoms with Gasteiger partial charge in [0.15, 0.2) is 5.75 Å².